The molecule has 0 saturated carbocycles. The zero-order valence-electron chi connectivity index (χ0n) is 10.6. The van der Waals surface area contributed by atoms with E-state index in [9.17, 15) is 0 Å². The quantitative estimate of drug-likeness (QED) is 0.888. The van der Waals surface area contributed by atoms with Crippen molar-refractivity contribution < 1.29 is 4.74 Å². The highest BCUT2D eigenvalue weighted by Crippen LogP contribution is 2.23. The van der Waals surface area contributed by atoms with E-state index in [1.54, 1.807) is 6.07 Å². The Bertz CT molecular complexity index is 558. The highest BCUT2D eigenvalue weighted by molar-refractivity contribution is 6.42. The zero-order valence-corrected chi connectivity index (χ0v) is 12.1. The molecule has 0 unspecified atom stereocenters. The first-order valence-electron chi connectivity index (χ1n) is 5.99. The van der Waals surface area contributed by atoms with Crippen LogP contribution in [0.5, 0.6) is 5.75 Å². The monoisotopic (exact) mass is 295 g/mol. The van der Waals surface area contributed by atoms with Crippen LogP contribution >= 0.6 is 23.2 Å². The number of nitrogens with one attached hydrogen (secondary N) is 1. The van der Waals surface area contributed by atoms with Crippen molar-refractivity contribution in [1.29, 1.82) is 0 Å². The third-order valence-electron chi connectivity index (χ3n) is 2.67. The molecule has 0 fully saturated rings. The smallest absolute Gasteiger partial charge is 0.120 e. The standard InChI is InChI=1S/C15H15Cl2NO/c1-18-9-11-3-2-4-13(7-11)19-10-12-5-6-14(16)15(17)8-12/h2-8,18H,9-10H2,1H3. The van der Waals surface area contributed by atoms with Crippen LogP contribution in [0.2, 0.25) is 10.0 Å². The minimum atomic E-state index is 0.472. The molecule has 0 saturated heterocycles. The number of ether oxygens (including phenoxy) is 1. The molecule has 0 aliphatic carbocycles. The Hall–Kier alpha value is -1.22. The van der Waals surface area contributed by atoms with Gasteiger partial charge in [-0.05, 0) is 42.4 Å². The maximum Gasteiger partial charge on any atom is 0.120 e. The number of hydrogen-bond donors (Lipinski definition) is 1. The molecule has 1 N–H and O–H groups in total. The molecule has 19 heavy (non-hydrogen) atoms. The third kappa shape index (κ3) is 4.13. The highest BCUT2D eigenvalue weighted by atomic mass is 35.5. The van der Waals surface area contributed by atoms with Gasteiger partial charge in [0.25, 0.3) is 0 Å². The van der Waals surface area contributed by atoms with E-state index in [0.717, 1.165) is 17.9 Å². The van der Waals surface area contributed by atoms with E-state index in [0.29, 0.717) is 16.7 Å². The van der Waals surface area contributed by atoms with Crippen LogP contribution < -0.4 is 10.1 Å². The highest BCUT2D eigenvalue weighted by Gasteiger charge is 2.01. The molecule has 2 aromatic rings. The summed E-state index contributed by atoms with van der Waals surface area (Å²) < 4.78 is 5.74. The molecule has 0 radical (unpaired) electrons. The fourth-order valence-corrected chi connectivity index (χ4v) is 2.07. The van der Waals surface area contributed by atoms with Crippen molar-refractivity contribution in [3.05, 3.63) is 63.6 Å². The molecule has 4 heteroatoms. The Labute approximate surface area is 123 Å². The molecule has 0 bridgehead atoms. The molecule has 0 heterocycles. The Balaban J connectivity index is 2.01. The summed E-state index contributed by atoms with van der Waals surface area (Å²) in [6.45, 7) is 1.30. The average molecular weight is 296 g/mol. The predicted octanol–water partition coefficient (Wildman–Crippen LogP) is 4.29. The van der Waals surface area contributed by atoms with Crippen molar-refractivity contribution in [1.82, 2.24) is 5.32 Å². The number of rotatable bonds is 5. The largest absolute Gasteiger partial charge is 0.489 e. The lowest BCUT2D eigenvalue weighted by atomic mass is 10.2. The summed E-state index contributed by atoms with van der Waals surface area (Å²) in [4.78, 5) is 0. The van der Waals surface area contributed by atoms with Crippen LogP contribution in [0.4, 0.5) is 0 Å². The molecule has 2 aromatic carbocycles. The van der Waals surface area contributed by atoms with Gasteiger partial charge >= 0.3 is 0 Å². The van der Waals surface area contributed by atoms with Crippen molar-refractivity contribution in [3.63, 3.8) is 0 Å². The summed E-state index contributed by atoms with van der Waals surface area (Å²) in [6.07, 6.45) is 0. The fourth-order valence-electron chi connectivity index (χ4n) is 1.75. The van der Waals surface area contributed by atoms with E-state index < -0.39 is 0 Å². The third-order valence-corrected chi connectivity index (χ3v) is 3.41. The van der Waals surface area contributed by atoms with Crippen LogP contribution in [0.25, 0.3) is 0 Å². The first-order chi connectivity index (χ1) is 9.19. The molecular formula is C15H15Cl2NO. The SMILES string of the molecule is CNCc1cccc(OCc2ccc(Cl)c(Cl)c2)c1. The number of halogens is 2. The van der Waals surface area contributed by atoms with Gasteiger partial charge in [-0.25, -0.2) is 0 Å². The van der Waals surface area contributed by atoms with Gasteiger partial charge in [0.15, 0.2) is 0 Å². The van der Waals surface area contributed by atoms with E-state index in [-0.39, 0.29) is 0 Å². The van der Waals surface area contributed by atoms with Crippen LogP contribution in [0, 0.1) is 0 Å². The Morgan fingerprint density at radius 3 is 2.58 bits per heavy atom. The van der Waals surface area contributed by atoms with Gasteiger partial charge in [0.05, 0.1) is 10.0 Å². The van der Waals surface area contributed by atoms with Crippen LogP contribution in [0.3, 0.4) is 0 Å². The van der Waals surface area contributed by atoms with Gasteiger partial charge in [0.2, 0.25) is 0 Å². The Kier molecular flexibility index (Phi) is 5.08. The lowest BCUT2D eigenvalue weighted by Crippen LogP contribution is -2.05. The Morgan fingerprint density at radius 2 is 1.84 bits per heavy atom. The van der Waals surface area contributed by atoms with E-state index >= 15 is 0 Å². The van der Waals surface area contributed by atoms with Crippen LogP contribution in [-0.2, 0) is 13.2 Å². The van der Waals surface area contributed by atoms with Gasteiger partial charge < -0.3 is 10.1 Å². The molecule has 2 rings (SSSR count). The first kappa shape index (κ1) is 14.2. The fraction of sp³-hybridized carbons (Fsp3) is 0.200. The molecular weight excluding hydrogens is 281 g/mol. The van der Waals surface area contributed by atoms with Crippen molar-refractivity contribution in [3.8, 4) is 5.75 Å². The second kappa shape index (κ2) is 6.80. The van der Waals surface area contributed by atoms with Crippen LogP contribution in [0.1, 0.15) is 11.1 Å². The summed E-state index contributed by atoms with van der Waals surface area (Å²) >= 11 is 11.8. The van der Waals surface area contributed by atoms with Gasteiger partial charge in [-0.2, -0.15) is 0 Å². The van der Waals surface area contributed by atoms with Gasteiger partial charge in [-0.3, -0.25) is 0 Å². The molecule has 0 aliphatic heterocycles. The summed E-state index contributed by atoms with van der Waals surface area (Å²) in [6, 6.07) is 13.5. The number of benzene rings is 2. The molecule has 0 atom stereocenters. The lowest BCUT2D eigenvalue weighted by molar-refractivity contribution is 0.306. The minimum absolute atomic E-state index is 0.472. The number of hydrogen-bond acceptors (Lipinski definition) is 2. The van der Waals surface area contributed by atoms with Gasteiger partial charge in [0.1, 0.15) is 12.4 Å². The minimum Gasteiger partial charge on any atom is -0.489 e. The van der Waals surface area contributed by atoms with Crippen molar-refractivity contribution in [2.45, 2.75) is 13.2 Å². The zero-order chi connectivity index (χ0) is 13.7. The van der Waals surface area contributed by atoms with Crippen LogP contribution in [0.15, 0.2) is 42.5 Å². The topological polar surface area (TPSA) is 21.3 Å². The molecule has 0 aromatic heterocycles. The second-order valence-corrected chi connectivity index (χ2v) is 5.03. The van der Waals surface area contributed by atoms with Crippen molar-refractivity contribution >= 4 is 23.2 Å². The average Bonchev–Trinajstić information content (AvgIpc) is 2.41. The normalized spacial score (nSPS) is 10.5. The molecule has 0 amide bonds. The first-order valence-corrected chi connectivity index (χ1v) is 6.75. The molecule has 100 valence electrons. The van der Waals surface area contributed by atoms with Crippen molar-refractivity contribution in [2.75, 3.05) is 7.05 Å². The van der Waals surface area contributed by atoms with E-state index in [1.165, 1.54) is 5.56 Å². The maximum atomic E-state index is 5.97. The van der Waals surface area contributed by atoms with Crippen molar-refractivity contribution in [2.24, 2.45) is 0 Å². The van der Waals surface area contributed by atoms with Gasteiger partial charge in [0, 0.05) is 6.54 Å². The van der Waals surface area contributed by atoms with E-state index in [4.69, 9.17) is 27.9 Å². The van der Waals surface area contributed by atoms with Gasteiger partial charge in [-0.15, -0.1) is 0 Å². The Morgan fingerprint density at radius 1 is 1.00 bits per heavy atom. The maximum absolute atomic E-state index is 5.97. The molecule has 0 aliphatic rings. The van der Waals surface area contributed by atoms with Gasteiger partial charge in [-0.1, -0.05) is 41.4 Å². The summed E-state index contributed by atoms with van der Waals surface area (Å²) in [7, 11) is 1.92. The van der Waals surface area contributed by atoms with E-state index in [2.05, 4.69) is 11.4 Å². The summed E-state index contributed by atoms with van der Waals surface area (Å²) in [5.41, 5.74) is 2.18. The molecule has 0 spiro atoms. The van der Waals surface area contributed by atoms with Crippen LogP contribution in [-0.4, -0.2) is 7.05 Å². The second-order valence-electron chi connectivity index (χ2n) is 4.21. The molecule has 2 nitrogen and oxygen atoms in total. The summed E-state index contributed by atoms with van der Waals surface area (Å²) in [5, 5.41) is 4.22. The predicted molar refractivity (Wildman–Crippen MR) is 80.0 cm³/mol. The van der Waals surface area contributed by atoms with E-state index in [1.807, 2.05) is 37.4 Å². The summed E-state index contributed by atoms with van der Waals surface area (Å²) in [5.74, 6) is 0.846. The lowest BCUT2D eigenvalue weighted by Gasteiger charge is -2.08.